The molecule has 0 N–H and O–H groups in total. The van der Waals surface area contributed by atoms with Gasteiger partial charge in [0.2, 0.25) is 0 Å². The second kappa shape index (κ2) is 6.61. The van der Waals surface area contributed by atoms with Crippen LogP contribution in [-0.4, -0.2) is 0 Å². The molecule has 0 aliphatic heterocycles. The van der Waals surface area contributed by atoms with Crippen molar-refractivity contribution < 1.29 is 9.13 Å². The molecule has 21 heavy (non-hydrogen) atoms. The average molecular weight is 351 g/mol. The summed E-state index contributed by atoms with van der Waals surface area (Å²) in [4.78, 5) is 0. The molecule has 2 aromatic carbocycles. The Balaban J connectivity index is 2.26. The molecule has 0 amide bonds. The lowest BCUT2D eigenvalue weighted by molar-refractivity contribution is 0.437. The fourth-order valence-electron chi connectivity index (χ4n) is 2.07. The summed E-state index contributed by atoms with van der Waals surface area (Å²) in [7, 11) is 0. The maximum Gasteiger partial charge on any atom is 0.167 e. The number of para-hydroxylation sites is 1. The molecule has 0 aromatic heterocycles. The van der Waals surface area contributed by atoms with Crippen LogP contribution in [0.5, 0.6) is 11.5 Å². The van der Waals surface area contributed by atoms with Crippen molar-refractivity contribution in [1.82, 2.24) is 0 Å². The van der Waals surface area contributed by atoms with Gasteiger partial charge < -0.3 is 4.74 Å². The van der Waals surface area contributed by atoms with E-state index in [0.29, 0.717) is 11.1 Å². The Morgan fingerprint density at radius 3 is 2.33 bits per heavy atom. The first-order valence-electron chi connectivity index (χ1n) is 7.09. The van der Waals surface area contributed by atoms with Crippen LogP contribution in [0.2, 0.25) is 0 Å². The Morgan fingerprint density at radius 2 is 1.76 bits per heavy atom. The van der Waals surface area contributed by atoms with Gasteiger partial charge in [0.1, 0.15) is 5.75 Å². The van der Waals surface area contributed by atoms with E-state index < -0.39 is 0 Å². The predicted octanol–water partition coefficient (Wildman–Crippen LogP) is 6.20. The van der Waals surface area contributed by atoms with Gasteiger partial charge in [-0.3, -0.25) is 0 Å². The van der Waals surface area contributed by atoms with E-state index in [1.807, 2.05) is 30.3 Å². The molecule has 0 fully saturated rings. The third-order valence-corrected chi connectivity index (χ3v) is 4.54. The number of rotatable bonds is 5. The summed E-state index contributed by atoms with van der Waals surface area (Å²) in [6.45, 7) is 6.59. The van der Waals surface area contributed by atoms with E-state index in [1.54, 1.807) is 6.07 Å². The minimum atomic E-state index is -0.343. The Hall–Kier alpha value is -1.35. The zero-order valence-electron chi connectivity index (χ0n) is 12.6. The molecule has 0 aliphatic rings. The van der Waals surface area contributed by atoms with Gasteiger partial charge in [-0.15, -0.1) is 0 Å². The quantitative estimate of drug-likeness (QED) is 0.583. The van der Waals surface area contributed by atoms with Gasteiger partial charge in [-0.1, -0.05) is 61.0 Å². The SMILES string of the molecule is CCC(C)(C)c1ccc(Oc2c(F)cccc2CBr)cc1. The lowest BCUT2D eigenvalue weighted by Crippen LogP contribution is -2.14. The van der Waals surface area contributed by atoms with Crippen LogP contribution >= 0.6 is 15.9 Å². The van der Waals surface area contributed by atoms with Gasteiger partial charge in [0.25, 0.3) is 0 Å². The number of alkyl halides is 1. The zero-order valence-corrected chi connectivity index (χ0v) is 14.2. The highest BCUT2D eigenvalue weighted by Gasteiger charge is 2.18. The average Bonchev–Trinajstić information content (AvgIpc) is 2.50. The molecule has 0 unspecified atom stereocenters. The van der Waals surface area contributed by atoms with Gasteiger partial charge in [0, 0.05) is 10.9 Å². The Kier molecular flexibility index (Phi) is 5.04. The standard InChI is InChI=1S/C18H20BrFO/c1-4-18(2,3)14-8-10-15(11-9-14)21-17-13(12-19)6-5-7-16(17)20/h5-11H,4,12H2,1-3H3. The molecular weight excluding hydrogens is 331 g/mol. The van der Waals surface area contributed by atoms with E-state index in [9.17, 15) is 4.39 Å². The van der Waals surface area contributed by atoms with Crippen LogP contribution in [0.4, 0.5) is 4.39 Å². The predicted molar refractivity (Wildman–Crippen MR) is 88.9 cm³/mol. The van der Waals surface area contributed by atoms with Crippen LogP contribution in [0, 0.1) is 5.82 Å². The van der Waals surface area contributed by atoms with Gasteiger partial charge in [-0.25, -0.2) is 4.39 Å². The smallest absolute Gasteiger partial charge is 0.167 e. The van der Waals surface area contributed by atoms with Crippen molar-refractivity contribution in [2.75, 3.05) is 0 Å². The molecule has 2 rings (SSSR count). The maximum atomic E-state index is 13.9. The van der Waals surface area contributed by atoms with Crippen molar-refractivity contribution in [3.05, 3.63) is 59.4 Å². The largest absolute Gasteiger partial charge is 0.454 e. The highest BCUT2D eigenvalue weighted by Crippen LogP contribution is 2.32. The Bertz CT molecular complexity index is 605. The van der Waals surface area contributed by atoms with Crippen LogP contribution in [0.1, 0.15) is 38.3 Å². The van der Waals surface area contributed by atoms with Crippen molar-refractivity contribution in [2.24, 2.45) is 0 Å². The van der Waals surface area contributed by atoms with Gasteiger partial charge in [-0.2, -0.15) is 0 Å². The molecule has 0 atom stereocenters. The molecule has 3 heteroatoms. The van der Waals surface area contributed by atoms with Gasteiger partial charge in [-0.05, 0) is 35.6 Å². The van der Waals surface area contributed by atoms with Crippen LogP contribution in [-0.2, 0) is 10.7 Å². The highest BCUT2D eigenvalue weighted by molar-refractivity contribution is 9.08. The van der Waals surface area contributed by atoms with Crippen molar-refractivity contribution in [2.45, 2.75) is 37.9 Å². The second-order valence-electron chi connectivity index (χ2n) is 5.73. The first-order chi connectivity index (χ1) is 9.97. The van der Waals surface area contributed by atoms with Crippen molar-refractivity contribution in [3.63, 3.8) is 0 Å². The third-order valence-electron chi connectivity index (χ3n) is 3.93. The van der Waals surface area contributed by atoms with Crippen molar-refractivity contribution in [3.8, 4) is 11.5 Å². The van der Waals surface area contributed by atoms with Gasteiger partial charge >= 0.3 is 0 Å². The van der Waals surface area contributed by atoms with Gasteiger partial charge in [0.15, 0.2) is 11.6 Å². The van der Waals surface area contributed by atoms with E-state index >= 15 is 0 Å². The highest BCUT2D eigenvalue weighted by atomic mass is 79.9. The van der Waals surface area contributed by atoms with E-state index in [1.165, 1.54) is 11.6 Å². The van der Waals surface area contributed by atoms with Crippen LogP contribution in [0.3, 0.4) is 0 Å². The molecule has 1 nitrogen and oxygen atoms in total. The van der Waals surface area contributed by atoms with Crippen LogP contribution in [0.15, 0.2) is 42.5 Å². The van der Waals surface area contributed by atoms with Crippen molar-refractivity contribution in [1.29, 1.82) is 0 Å². The summed E-state index contributed by atoms with van der Waals surface area (Å²) in [6.07, 6.45) is 1.06. The minimum Gasteiger partial charge on any atom is -0.454 e. The number of hydrogen-bond donors (Lipinski definition) is 0. The lowest BCUT2D eigenvalue weighted by Gasteiger charge is -2.23. The van der Waals surface area contributed by atoms with E-state index in [0.717, 1.165) is 12.0 Å². The van der Waals surface area contributed by atoms with E-state index in [-0.39, 0.29) is 17.0 Å². The second-order valence-corrected chi connectivity index (χ2v) is 6.29. The monoisotopic (exact) mass is 350 g/mol. The van der Waals surface area contributed by atoms with Gasteiger partial charge in [0.05, 0.1) is 0 Å². The molecule has 0 radical (unpaired) electrons. The molecule has 0 bridgehead atoms. The minimum absolute atomic E-state index is 0.136. The molecule has 0 heterocycles. The Morgan fingerprint density at radius 1 is 1.10 bits per heavy atom. The lowest BCUT2D eigenvalue weighted by atomic mass is 9.82. The third kappa shape index (κ3) is 3.65. The number of hydrogen-bond acceptors (Lipinski definition) is 1. The van der Waals surface area contributed by atoms with Crippen LogP contribution in [0.25, 0.3) is 0 Å². The maximum absolute atomic E-state index is 13.9. The molecule has 0 saturated heterocycles. The fourth-order valence-corrected chi connectivity index (χ4v) is 2.51. The molecule has 0 saturated carbocycles. The zero-order chi connectivity index (χ0) is 15.5. The summed E-state index contributed by atoms with van der Waals surface area (Å²) in [6, 6.07) is 12.8. The Labute approximate surface area is 134 Å². The summed E-state index contributed by atoms with van der Waals surface area (Å²) in [5.74, 6) is 0.597. The molecular formula is C18H20BrFO. The molecule has 0 spiro atoms. The number of ether oxygens (including phenoxy) is 1. The molecule has 112 valence electrons. The fraction of sp³-hybridized carbons (Fsp3) is 0.333. The van der Waals surface area contributed by atoms with Crippen molar-refractivity contribution >= 4 is 15.9 Å². The topological polar surface area (TPSA) is 9.23 Å². The number of halogens is 2. The molecule has 2 aromatic rings. The normalized spacial score (nSPS) is 11.5. The summed E-state index contributed by atoms with van der Waals surface area (Å²) >= 11 is 3.36. The van der Waals surface area contributed by atoms with E-state index in [4.69, 9.17) is 4.74 Å². The summed E-state index contributed by atoms with van der Waals surface area (Å²) < 4.78 is 19.6. The first-order valence-corrected chi connectivity index (χ1v) is 8.22. The summed E-state index contributed by atoms with van der Waals surface area (Å²) in [5, 5.41) is 0.557. The number of benzene rings is 2. The summed E-state index contributed by atoms with van der Waals surface area (Å²) in [5.41, 5.74) is 2.19. The first kappa shape index (κ1) is 16.0. The van der Waals surface area contributed by atoms with E-state index in [2.05, 4.69) is 36.7 Å². The van der Waals surface area contributed by atoms with Crippen LogP contribution < -0.4 is 4.74 Å². The molecule has 0 aliphatic carbocycles.